The summed E-state index contributed by atoms with van der Waals surface area (Å²) in [5.41, 5.74) is 0.771. The molecule has 0 aliphatic heterocycles. The molecule has 0 atom stereocenters. The third-order valence-electron chi connectivity index (χ3n) is 2.47. The van der Waals surface area contributed by atoms with E-state index in [1.807, 2.05) is 6.07 Å². The molecule has 0 fully saturated rings. The van der Waals surface area contributed by atoms with Crippen LogP contribution in [0.1, 0.15) is 5.56 Å². The average molecular weight is 391 g/mol. The van der Waals surface area contributed by atoms with Crippen LogP contribution in [-0.2, 0) is 11.3 Å². The lowest BCUT2D eigenvalue weighted by Gasteiger charge is -2.11. The Morgan fingerprint density at radius 1 is 1.17 bits per heavy atom. The minimum absolute atomic E-state index is 0.00183. The molecule has 0 radical (unpaired) electrons. The maximum atomic E-state index is 12.2. The molecule has 9 heteroatoms. The number of amides is 1. The van der Waals surface area contributed by atoms with Gasteiger partial charge in [0.05, 0.1) is 4.47 Å². The molecule has 0 aliphatic rings. The second-order valence-electron chi connectivity index (χ2n) is 4.22. The number of carbonyl (C=O) groups is 1. The number of nitrogens with zero attached hydrogens (tertiary/aromatic N) is 1. The van der Waals surface area contributed by atoms with Crippen molar-refractivity contribution < 1.29 is 27.4 Å². The van der Waals surface area contributed by atoms with Crippen LogP contribution in [-0.4, -0.2) is 17.4 Å². The molecular formula is C14H10BrF3N2O3. The van der Waals surface area contributed by atoms with Gasteiger partial charge in [0, 0.05) is 0 Å². The van der Waals surface area contributed by atoms with Crippen LogP contribution < -0.4 is 10.1 Å². The van der Waals surface area contributed by atoms with Gasteiger partial charge >= 0.3 is 12.5 Å². The summed E-state index contributed by atoms with van der Waals surface area (Å²) in [6, 6.07) is 11.5. The Kier molecular flexibility index (Phi) is 5.43. The van der Waals surface area contributed by atoms with Gasteiger partial charge in [0.15, 0.2) is 0 Å². The van der Waals surface area contributed by atoms with E-state index in [0.29, 0.717) is 0 Å². The predicted octanol–water partition coefficient (Wildman–Crippen LogP) is 4.49. The number of hydrogen-bond donors (Lipinski definition) is 1. The van der Waals surface area contributed by atoms with E-state index in [0.717, 1.165) is 5.56 Å². The van der Waals surface area contributed by atoms with E-state index in [-0.39, 0.29) is 16.9 Å². The van der Waals surface area contributed by atoms with E-state index >= 15 is 0 Å². The highest BCUT2D eigenvalue weighted by Gasteiger charge is 2.33. The van der Waals surface area contributed by atoms with Crippen LogP contribution in [0.4, 0.5) is 23.8 Å². The van der Waals surface area contributed by atoms with Gasteiger partial charge in [-0.1, -0.05) is 30.3 Å². The molecule has 1 amide bonds. The maximum Gasteiger partial charge on any atom is 0.574 e. The fourth-order valence-corrected chi connectivity index (χ4v) is 1.84. The van der Waals surface area contributed by atoms with Crippen LogP contribution in [0, 0.1) is 0 Å². The zero-order valence-electron chi connectivity index (χ0n) is 11.4. The largest absolute Gasteiger partial charge is 0.574 e. The molecule has 1 N–H and O–H groups in total. The molecule has 122 valence electrons. The summed E-state index contributed by atoms with van der Waals surface area (Å²) >= 11 is 2.88. The number of halogens is 4. The summed E-state index contributed by atoms with van der Waals surface area (Å²) in [5, 5.41) is 2.23. The lowest BCUT2D eigenvalue weighted by molar-refractivity contribution is -0.276. The van der Waals surface area contributed by atoms with Gasteiger partial charge in [-0.2, -0.15) is 4.98 Å². The highest BCUT2D eigenvalue weighted by atomic mass is 79.9. The SMILES string of the molecule is O=C(Nc1ccc(Br)c(OC(F)(F)F)n1)OCc1ccccc1. The molecule has 0 spiro atoms. The molecule has 1 heterocycles. The predicted molar refractivity (Wildman–Crippen MR) is 78.9 cm³/mol. The van der Waals surface area contributed by atoms with Gasteiger partial charge in [0.25, 0.3) is 0 Å². The van der Waals surface area contributed by atoms with Gasteiger partial charge in [0.2, 0.25) is 5.88 Å². The van der Waals surface area contributed by atoms with E-state index in [1.54, 1.807) is 24.3 Å². The van der Waals surface area contributed by atoms with Gasteiger partial charge < -0.3 is 9.47 Å². The van der Waals surface area contributed by atoms with Crippen molar-refractivity contribution in [2.45, 2.75) is 13.0 Å². The first-order valence-electron chi connectivity index (χ1n) is 6.23. The summed E-state index contributed by atoms with van der Waals surface area (Å²) in [7, 11) is 0. The standard InChI is InChI=1S/C14H10BrF3N2O3/c15-10-6-7-11(19-12(10)23-14(16,17)18)20-13(21)22-8-9-4-2-1-3-5-9/h1-7H,8H2,(H,19,20,21). The van der Waals surface area contributed by atoms with E-state index in [2.05, 4.69) is 31.0 Å². The van der Waals surface area contributed by atoms with Crippen molar-refractivity contribution in [3.63, 3.8) is 0 Å². The number of pyridine rings is 1. The first-order chi connectivity index (χ1) is 10.8. The van der Waals surface area contributed by atoms with Crippen LogP contribution in [0.2, 0.25) is 0 Å². The van der Waals surface area contributed by atoms with Gasteiger partial charge in [-0.25, -0.2) is 4.79 Å². The number of alkyl halides is 3. The van der Waals surface area contributed by atoms with Gasteiger partial charge in [0.1, 0.15) is 12.4 Å². The summed E-state index contributed by atoms with van der Waals surface area (Å²) in [4.78, 5) is 15.2. The average Bonchev–Trinajstić information content (AvgIpc) is 2.48. The lowest BCUT2D eigenvalue weighted by atomic mass is 10.2. The van der Waals surface area contributed by atoms with E-state index in [1.165, 1.54) is 12.1 Å². The molecule has 0 aliphatic carbocycles. The third-order valence-corrected chi connectivity index (χ3v) is 3.07. The number of rotatable bonds is 4. The van der Waals surface area contributed by atoms with Gasteiger partial charge in [-0.3, -0.25) is 5.32 Å². The van der Waals surface area contributed by atoms with E-state index < -0.39 is 18.3 Å². The number of nitrogens with one attached hydrogen (secondary N) is 1. The number of hydrogen-bond acceptors (Lipinski definition) is 4. The van der Waals surface area contributed by atoms with Gasteiger partial charge in [-0.15, -0.1) is 13.2 Å². The molecule has 0 bridgehead atoms. The lowest BCUT2D eigenvalue weighted by Crippen LogP contribution is -2.19. The van der Waals surface area contributed by atoms with Crippen molar-refractivity contribution in [3.8, 4) is 5.88 Å². The second kappa shape index (κ2) is 7.32. The Hall–Kier alpha value is -2.29. The smallest absolute Gasteiger partial charge is 0.444 e. The number of aromatic nitrogens is 1. The van der Waals surface area contributed by atoms with Crippen molar-refractivity contribution in [2.75, 3.05) is 5.32 Å². The third kappa shape index (κ3) is 5.78. The fourth-order valence-electron chi connectivity index (χ4n) is 1.54. The monoisotopic (exact) mass is 390 g/mol. The zero-order chi connectivity index (χ0) is 16.9. The topological polar surface area (TPSA) is 60.5 Å². The van der Waals surface area contributed by atoms with Crippen molar-refractivity contribution in [2.24, 2.45) is 0 Å². The molecule has 0 unspecified atom stereocenters. The Morgan fingerprint density at radius 3 is 2.52 bits per heavy atom. The Labute approximate surface area is 137 Å². The van der Waals surface area contributed by atoms with Crippen LogP contribution in [0.25, 0.3) is 0 Å². The normalized spacial score (nSPS) is 11.0. The molecule has 1 aromatic carbocycles. The van der Waals surface area contributed by atoms with Crippen molar-refractivity contribution in [3.05, 3.63) is 52.5 Å². The molecular weight excluding hydrogens is 381 g/mol. The van der Waals surface area contributed by atoms with E-state index in [9.17, 15) is 18.0 Å². The number of carbonyl (C=O) groups excluding carboxylic acids is 1. The molecule has 0 saturated heterocycles. The fraction of sp³-hybridized carbons (Fsp3) is 0.143. The molecule has 0 saturated carbocycles. The molecule has 2 aromatic rings. The Morgan fingerprint density at radius 2 is 1.87 bits per heavy atom. The number of anilines is 1. The summed E-state index contributed by atoms with van der Waals surface area (Å²) < 4.78 is 45.4. The highest BCUT2D eigenvalue weighted by Crippen LogP contribution is 2.29. The van der Waals surface area contributed by atoms with E-state index in [4.69, 9.17) is 4.74 Å². The van der Waals surface area contributed by atoms with Crippen LogP contribution in [0.5, 0.6) is 5.88 Å². The van der Waals surface area contributed by atoms with Crippen LogP contribution in [0.15, 0.2) is 46.9 Å². The maximum absolute atomic E-state index is 12.2. The van der Waals surface area contributed by atoms with Crippen LogP contribution >= 0.6 is 15.9 Å². The zero-order valence-corrected chi connectivity index (χ0v) is 13.0. The first-order valence-corrected chi connectivity index (χ1v) is 7.03. The second-order valence-corrected chi connectivity index (χ2v) is 5.07. The highest BCUT2D eigenvalue weighted by molar-refractivity contribution is 9.10. The quantitative estimate of drug-likeness (QED) is 0.835. The minimum atomic E-state index is -4.89. The van der Waals surface area contributed by atoms with Crippen molar-refractivity contribution in [1.29, 1.82) is 0 Å². The minimum Gasteiger partial charge on any atom is -0.444 e. The molecule has 2 rings (SSSR count). The summed E-state index contributed by atoms with van der Waals surface area (Å²) in [5.74, 6) is -0.844. The molecule has 1 aromatic heterocycles. The number of ether oxygens (including phenoxy) is 2. The molecule has 5 nitrogen and oxygen atoms in total. The van der Waals surface area contributed by atoms with Gasteiger partial charge in [-0.05, 0) is 33.6 Å². The molecule has 23 heavy (non-hydrogen) atoms. The first kappa shape index (κ1) is 17.1. The Bertz CT molecular complexity index is 681. The van der Waals surface area contributed by atoms with Crippen molar-refractivity contribution >= 4 is 27.8 Å². The number of benzene rings is 1. The summed E-state index contributed by atoms with van der Waals surface area (Å²) in [6.45, 7) is 0.0229. The van der Waals surface area contributed by atoms with Crippen LogP contribution in [0.3, 0.4) is 0 Å². The summed E-state index contributed by atoms with van der Waals surface area (Å²) in [6.07, 6.45) is -5.73. The van der Waals surface area contributed by atoms with Crippen molar-refractivity contribution in [1.82, 2.24) is 4.98 Å². The Balaban J connectivity index is 1.96.